The smallest absolute Gasteiger partial charge is 0.416 e. The molecule has 6 nitrogen and oxygen atoms in total. The predicted molar refractivity (Wildman–Crippen MR) is 105 cm³/mol. The Hall–Kier alpha value is -3.11. The third-order valence-corrected chi connectivity index (χ3v) is 5.04. The summed E-state index contributed by atoms with van der Waals surface area (Å²) in [7, 11) is 0. The Morgan fingerprint density at radius 3 is 2.70 bits per heavy atom. The average Bonchev–Trinajstić information content (AvgIpc) is 3.17. The topological polar surface area (TPSA) is 88.7 Å². The molecule has 2 aromatic carbocycles. The Morgan fingerprint density at radius 2 is 1.97 bits per heavy atom. The van der Waals surface area contributed by atoms with E-state index in [2.05, 4.69) is 4.98 Å². The van der Waals surface area contributed by atoms with Crippen molar-refractivity contribution in [1.29, 1.82) is 0 Å². The molecule has 0 saturated heterocycles. The van der Waals surface area contributed by atoms with Crippen LogP contribution in [0.25, 0.3) is 10.6 Å². The number of halogens is 3. The molecule has 0 aliphatic heterocycles. The van der Waals surface area contributed by atoms with Gasteiger partial charge in [0.2, 0.25) is 0 Å². The first kappa shape index (κ1) is 21.6. The van der Waals surface area contributed by atoms with E-state index in [0.29, 0.717) is 45.7 Å². The van der Waals surface area contributed by atoms with Crippen molar-refractivity contribution in [3.8, 4) is 16.3 Å². The van der Waals surface area contributed by atoms with Gasteiger partial charge in [-0.3, -0.25) is 5.21 Å². The van der Waals surface area contributed by atoms with Crippen LogP contribution in [0.5, 0.6) is 5.75 Å². The van der Waals surface area contributed by atoms with Gasteiger partial charge in [-0.2, -0.15) is 13.2 Å². The number of nitrogens with two attached hydrogens (primary N) is 1. The Labute approximate surface area is 174 Å². The van der Waals surface area contributed by atoms with Crippen molar-refractivity contribution < 1.29 is 27.9 Å². The molecule has 0 bridgehead atoms. The summed E-state index contributed by atoms with van der Waals surface area (Å²) in [4.78, 5) is 15.3. The van der Waals surface area contributed by atoms with Crippen molar-refractivity contribution >= 4 is 17.4 Å². The van der Waals surface area contributed by atoms with Gasteiger partial charge in [0.1, 0.15) is 10.8 Å². The van der Waals surface area contributed by atoms with Gasteiger partial charge in [0, 0.05) is 17.4 Å². The fraction of sp³-hybridized carbons (Fsp3) is 0.200. The zero-order chi connectivity index (χ0) is 21.7. The molecule has 1 aromatic heterocycles. The summed E-state index contributed by atoms with van der Waals surface area (Å²) in [6.07, 6.45) is -3.93. The zero-order valence-corrected chi connectivity index (χ0v) is 16.4. The largest absolute Gasteiger partial charge is 0.493 e. The lowest BCUT2D eigenvalue weighted by Crippen LogP contribution is -2.31. The summed E-state index contributed by atoms with van der Waals surface area (Å²) in [6, 6.07) is 10.9. The van der Waals surface area contributed by atoms with Gasteiger partial charge in [-0.25, -0.2) is 14.8 Å². The molecule has 0 unspecified atom stereocenters. The minimum absolute atomic E-state index is 0.0705. The number of carbonyl (C=O) groups excluding carboxylic acids is 1. The number of aromatic nitrogens is 1. The van der Waals surface area contributed by atoms with Crippen LogP contribution in [-0.2, 0) is 19.1 Å². The lowest BCUT2D eigenvalue weighted by molar-refractivity contribution is -0.137. The maximum absolute atomic E-state index is 12.9. The molecule has 158 valence electrons. The van der Waals surface area contributed by atoms with Crippen molar-refractivity contribution in [2.45, 2.75) is 19.1 Å². The Morgan fingerprint density at radius 1 is 1.20 bits per heavy atom. The number of primary amides is 1. The van der Waals surface area contributed by atoms with Crippen LogP contribution < -0.4 is 10.5 Å². The minimum Gasteiger partial charge on any atom is -0.493 e. The molecule has 0 aliphatic carbocycles. The lowest BCUT2D eigenvalue weighted by Gasteiger charge is -2.13. The van der Waals surface area contributed by atoms with Crippen LogP contribution in [0.3, 0.4) is 0 Å². The third kappa shape index (κ3) is 5.71. The highest BCUT2D eigenvalue weighted by atomic mass is 32.1. The van der Waals surface area contributed by atoms with Gasteiger partial charge in [0.05, 0.1) is 24.4 Å². The van der Waals surface area contributed by atoms with E-state index in [4.69, 9.17) is 10.5 Å². The van der Waals surface area contributed by atoms with E-state index < -0.39 is 17.8 Å². The number of benzene rings is 2. The lowest BCUT2D eigenvalue weighted by atomic mass is 10.1. The summed E-state index contributed by atoms with van der Waals surface area (Å²) in [5.74, 6) is 0.540. The molecule has 2 amide bonds. The first-order valence-corrected chi connectivity index (χ1v) is 9.70. The molecule has 0 aliphatic rings. The Balaban J connectivity index is 1.58. The van der Waals surface area contributed by atoms with Gasteiger partial charge >= 0.3 is 12.2 Å². The van der Waals surface area contributed by atoms with Gasteiger partial charge in [-0.1, -0.05) is 24.3 Å². The van der Waals surface area contributed by atoms with Crippen LogP contribution in [0, 0.1) is 0 Å². The van der Waals surface area contributed by atoms with Gasteiger partial charge in [-0.15, -0.1) is 11.3 Å². The average molecular weight is 437 g/mol. The van der Waals surface area contributed by atoms with E-state index in [1.54, 1.807) is 35.7 Å². The molecular formula is C20H18F3N3O3S. The second-order valence-corrected chi connectivity index (χ2v) is 7.22. The van der Waals surface area contributed by atoms with Gasteiger partial charge in [-0.05, 0) is 29.8 Å². The third-order valence-electron chi connectivity index (χ3n) is 4.10. The predicted octanol–water partition coefficient (Wildman–Crippen LogP) is 4.72. The number of hydrogen-bond donors (Lipinski definition) is 2. The first-order valence-electron chi connectivity index (χ1n) is 8.82. The summed E-state index contributed by atoms with van der Waals surface area (Å²) in [6.45, 7) is 0.229. The van der Waals surface area contributed by atoms with Gasteiger partial charge in [0.25, 0.3) is 0 Å². The number of ether oxygens (including phenoxy) is 1. The highest BCUT2D eigenvalue weighted by Gasteiger charge is 2.30. The first-order chi connectivity index (χ1) is 14.2. The SMILES string of the molecule is NC(=O)N(O)Cc1cccc(OCCc2csc(-c3cccc(C(F)(F)F)c3)n2)c1. The van der Waals surface area contributed by atoms with E-state index in [1.807, 2.05) is 0 Å². The summed E-state index contributed by atoms with van der Waals surface area (Å²) in [5, 5.41) is 12.1. The molecule has 30 heavy (non-hydrogen) atoms. The molecule has 0 fully saturated rings. The molecule has 0 saturated carbocycles. The Kier molecular flexibility index (Phi) is 6.58. The van der Waals surface area contributed by atoms with Crippen LogP contribution in [-0.4, -0.2) is 27.9 Å². The van der Waals surface area contributed by atoms with Crippen molar-refractivity contribution in [2.24, 2.45) is 5.73 Å². The zero-order valence-electron chi connectivity index (χ0n) is 15.6. The molecule has 3 N–H and O–H groups in total. The number of nitrogens with zero attached hydrogens (tertiary/aromatic N) is 2. The highest BCUT2D eigenvalue weighted by Crippen LogP contribution is 2.33. The Bertz CT molecular complexity index is 1020. The number of carbonyl (C=O) groups is 1. The number of rotatable bonds is 7. The van der Waals surface area contributed by atoms with Crippen molar-refractivity contribution in [3.05, 3.63) is 70.7 Å². The maximum atomic E-state index is 12.9. The van der Waals surface area contributed by atoms with Crippen LogP contribution in [0.1, 0.15) is 16.8 Å². The summed E-state index contributed by atoms with van der Waals surface area (Å²) >= 11 is 1.27. The molecule has 0 atom stereocenters. The van der Waals surface area contributed by atoms with E-state index in [0.717, 1.165) is 12.1 Å². The number of thiazole rings is 1. The quantitative estimate of drug-likeness (QED) is 0.414. The minimum atomic E-state index is -4.40. The molecule has 0 radical (unpaired) electrons. The highest BCUT2D eigenvalue weighted by molar-refractivity contribution is 7.13. The number of hydroxylamine groups is 2. The second kappa shape index (κ2) is 9.14. The summed E-state index contributed by atoms with van der Waals surface area (Å²) < 4.78 is 44.3. The summed E-state index contributed by atoms with van der Waals surface area (Å²) in [5.41, 5.74) is 6.03. The molecule has 1 heterocycles. The second-order valence-electron chi connectivity index (χ2n) is 6.36. The molecule has 0 spiro atoms. The maximum Gasteiger partial charge on any atom is 0.416 e. The van der Waals surface area contributed by atoms with Crippen molar-refractivity contribution in [1.82, 2.24) is 10.0 Å². The number of amides is 2. The number of urea groups is 1. The monoisotopic (exact) mass is 437 g/mol. The molecule has 3 aromatic rings. The van der Waals surface area contributed by atoms with Gasteiger partial charge in [0.15, 0.2) is 0 Å². The normalized spacial score (nSPS) is 11.3. The molecular weight excluding hydrogens is 419 g/mol. The van der Waals surface area contributed by atoms with E-state index in [1.165, 1.54) is 17.4 Å². The van der Waals surface area contributed by atoms with Crippen LogP contribution in [0.2, 0.25) is 0 Å². The molecule has 3 rings (SSSR count). The number of alkyl halides is 3. The van der Waals surface area contributed by atoms with Crippen molar-refractivity contribution in [3.63, 3.8) is 0 Å². The fourth-order valence-electron chi connectivity index (χ4n) is 2.64. The standard InChI is InChI=1S/C20H18F3N3O3S/c21-20(22,23)15-5-2-4-14(10-15)18-25-16(12-30-18)7-8-29-17-6-1-3-13(9-17)11-26(28)19(24)27/h1-6,9-10,12,28H,7-8,11H2,(H2,24,27). The van der Waals surface area contributed by atoms with Crippen LogP contribution in [0.4, 0.5) is 18.0 Å². The van der Waals surface area contributed by atoms with E-state index in [9.17, 15) is 23.2 Å². The van der Waals surface area contributed by atoms with Gasteiger partial charge < -0.3 is 10.5 Å². The van der Waals surface area contributed by atoms with Crippen LogP contribution in [0.15, 0.2) is 53.9 Å². The van der Waals surface area contributed by atoms with Crippen molar-refractivity contribution in [2.75, 3.05) is 6.61 Å². The fourth-order valence-corrected chi connectivity index (χ4v) is 3.49. The van der Waals surface area contributed by atoms with Crippen LogP contribution >= 0.6 is 11.3 Å². The molecule has 10 heteroatoms. The number of hydrogen-bond acceptors (Lipinski definition) is 5. The van der Waals surface area contributed by atoms with E-state index >= 15 is 0 Å². The van der Waals surface area contributed by atoms with E-state index in [-0.39, 0.29) is 6.54 Å².